The van der Waals surface area contributed by atoms with E-state index in [0.717, 1.165) is 38.1 Å². The number of alkyl halides is 3. The Labute approximate surface area is 159 Å². The second-order valence-electron chi connectivity index (χ2n) is 6.49. The summed E-state index contributed by atoms with van der Waals surface area (Å²) >= 11 is 5.98. The van der Waals surface area contributed by atoms with Gasteiger partial charge < -0.3 is 10.4 Å². The number of nitrogens with one attached hydrogen (secondary N) is 1. The van der Waals surface area contributed by atoms with Crippen molar-refractivity contribution < 1.29 is 18.3 Å². The number of pyridine rings is 1. The molecule has 1 saturated carbocycles. The smallest absolute Gasteiger partial charge is 0.396 e. The SMILES string of the molecule is OCC1CCC(Nc2cc(Cl)ncc2C#Cc2cnn(C(F)(F)F)c2)CC1. The Kier molecular flexibility index (Phi) is 5.92. The van der Waals surface area contributed by atoms with Crippen molar-refractivity contribution in [1.82, 2.24) is 14.8 Å². The van der Waals surface area contributed by atoms with E-state index in [0.29, 0.717) is 22.3 Å². The highest BCUT2D eigenvalue weighted by Crippen LogP contribution is 2.28. The van der Waals surface area contributed by atoms with Crippen LogP contribution in [0, 0.1) is 17.8 Å². The molecule has 0 bridgehead atoms. The average molecular weight is 399 g/mol. The summed E-state index contributed by atoms with van der Waals surface area (Å²) in [6.45, 7) is 0.205. The average Bonchev–Trinajstić information content (AvgIpc) is 3.11. The molecule has 1 aliphatic rings. The van der Waals surface area contributed by atoms with Crippen molar-refractivity contribution in [2.45, 2.75) is 38.0 Å². The van der Waals surface area contributed by atoms with E-state index in [-0.39, 0.29) is 22.9 Å². The number of rotatable bonds is 3. The monoisotopic (exact) mass is 398 g/mol. The van der Waals surface area contributed by atoms with Gasteiger partial charge in [-0.05, 0) is 37.7 Å². The van der Waals surface area contributed by atoms with Crippen molar-refractivity contribution >= 4 is 17.3 Å². The molecule has 0 amide bonds. The molecule has 5 nitrogen and oxygen atoms in total. The van der Waals surface area contributed by atoms with Gasteiger partial charge in [-0.1, -0.05) is 23.4 Å². The first-order valence-corrected chi connectivity index (χ1v) is 8.90. The molecule has 1 fully saturated rings. The summed E-state index contributed by atoms with van der Waals surface area (Å²) in [4.78, 5) is 4.00. The van der Waals surface area contributed by atoms with Crippen molar-refractivity contribution in [2.75, 3.05) is 11.9 Å². The molecule has 2 aromatic heterocycles. The fraction of sp³-hybridized carbons (Fsp3) is 0.444. The van der Waals surface area contributed by atoms with Crippen LogP contribution < -0.4 is 5.32 Å². The minimum atomic E-state index is -4.57. The highest BCUT2D eigenvalue weighted by Gasteiger charge is 2.31. The van der Waals surface area contributed by atoms with Gasteiger partial charge in [0, 0.05) is 25.0 Å². The van der Waals surface area contributed by atoms with E-state index < -0.39 is 6.30 Å². The maximum Gasteiger partial charge on any atom is 0.504 e. The lowest BCUT2D eigenvalue weighted by Gasteiger charge is -2.29. The molecule has 0 aliphatic heterocycles. The molecule has 27 heavy (non-hydrogen) atoms. The van der Waals surface area contributed by atoms with Crippen LogP contribution in [0.25, 0.3) is 0 Å². The molecule has 0 aromatic carbocycles. The van der Waals surface area contributed by atoms with E-state index in [1.54, 1.807) is 6.07 Å². The van der Waals surface area contributed by atoms with Crippen LogP contribution in [0.5, 0.6) is 0 Å². The second kappa shape index (κ2) is 8.19. The maximum absolute atomic E-state index is 12.6. The highest BCUT2D eigenvalue weighted by atomic mass is 35.5. The van der Waals surface area contributed by atoms with Gasteiger partial charge in [-0.3, -0.25) is 0 Å². The molecule has 0 atom stereocenters. The molecule has 3 rings (SSSR count). The first kappa shape index (κ1) is 19.5. The molecule has 1 aliphatic carbocycles. The predicted molar refractivity (Wildman–Crippen MR) is 95.2 cm³/mol. The zero-order chi connectivity index (χ0) is 19.4. The number of hydrogen-bond donors (Lipinski definition) is 2. The van der Waals surface area contributed by atoms with Crippen LogP contribution in [0.4, 0.5) is 18.9 Å². The van der Waals surface area contributed by atoms with Crippen LogP contribution in [-0.4, -0.2) is 32.5 Å². The number of halogens is 4. The first-order chi connectivity index (χ1) is 12.8. The zero-order valence-electron chi connectivity index (χ0n) is 14.3. The van der Waals surface area contributed by atoms with Crippen molar-refractivity contribution in [3.63, 3.8) is 0 Å². The third kappa shape index (κ3) is 5.15. The van der Waals surface area contributed by atoms with Crippen molar-refractivity contribution in [3.05, 3.63) is 40.9 Å². The van der Waals surface area contributed by atoms with Gasteiger partial charge in [0.2, 0.25) is 0 Å². The molecule has 0 unspecified atom stereocenters. The summed E-state index contributed by atoms with van der Waals surface area (Å²) in [6.07, 6.45) is 2.52. The predicted octanol–water partition coefficient (Wildman–Crippen LogP) is 3.77. The van der Waals surface area contributed by atoms with E-state index >= 15 is 0 Å². The van der Waals surface area contributed by atoms with Gasteiger partial charge >= 0.3 is 6.30 Å². The summed E-state index contributed by atoms with van der Waals surface area (Å²) in [5, 5.41) is 16.2. The number of aliphatic hydroxyl groups is 1. The van der Waals surface area contributed by atoms with Gasteiger partial charge in [0.25, 0.3) is 0 Å². The minimum Gasteiger partial charge on any atom is -0.396 e. The van der Waals surface area contributed by atoms with Gasteiger partial charge in [0.15, 0.2) is 0 Å². The van der Waals surface area contributed by atoms with Crippen LogP contribution in [0.3, 0.4) is 0 Å². The van der Waals surface area contributed by atoms with E-state index in [2.05, 4.69) is 27.2 Å². The highest BCUT2D eigenvalue weighted by molar-refractivity contribution is 6.29. The summed E-state index contributed by atoms with van der Waals surface area (Å²) in [6, 6.07) is 1.88. The molecule has 0 spiro atoms. The molecule has 2 aromatic rings. The largest absolute Gasteiger partial charge is 0.504 e. The molecule has 2 heterocycles. The summed E-state index contributed by atoms with van der Waals surface area (Å²) in [5.74, 6) is 5.86. The molecule has 0 radical (unpaired) electrons. The van der Waals surface area contributed by atoms with Crippen molar-refractivity contribution in [1.29, 1.82) is 0 Å². The number of hydrogen-bond acceptors (Lipinski definition) is 4. The standard InChI is InChI=1S/C18H18ClF3N4O/c19-17-7-16(25-15-5-2-12(11-27)3-6-15)14(9-23-17)4-1-13-8-24-26(10-13)18(20,21)22/h7-10,12,15,27H,2-3,5-6,11H2,(H,23,25). The lowest BCUT2D eigenvalue weighted by molar-refractivity contribution is -0.212. The Balaban J connectivity index is 1.76. The van der Waals surface area contributed by atoms with E-state index in [1.807, 2.05) is 0 Å². The van der Waals surface area contributed by atoms with Crippen LogP contribution in [0.2, 0.25) is 5.15 Å². The lowest BCUT2D eigenvalue weighted by atomic mass is 9.86. The zero-order valence-corrected chi connectivity index (χ0v) is 15.1. The summed E-state index contributed by atoms with van der Waals surface area (Å²) in [5.41, 5.74) is 1.39. The first-order valence-electron chi connectivity index (χ1n) is 8.52. The van der Waals surface area contributed by atoms with Gasteiger partial charge in [-0.25, -0.2) is 4.98 Å². The van der Waals surface area contributed by atoms with Crippen LogP contribution in [-0.2, 0) is 6.30 Å². The van der Waals surface area contributed by atoms with E-state index in [4.69, 9.17) is 11.6 Å². The second-order valence-corrected chi connectivity index (χ2v) is 6.88. The minimum absolute atomic E-state index is 0.0874. The Morgan fingerprint density at radius 1 is 1.22 bits per heavy atom. The van der Waals surface area contributed by atoms with Crippen LogP contribution in [0.15, 0.2) is 24.7 Å². The Morgan fingerprint density at radius 3 is 2.59 bits per heavy atom. The normalized spacial score (nSPS) is 20.0. The molecule has 144 valence electrons. The Hall–Kier alpha value is -2.24. The molecular formula is C18H18ClF3N4O. The maximum atomic E-state index is 12.6. The number of aliphatic hydroxyl groups excluding tert-OH is 1. The van der Waals surface area contributed by atoms with Gasteiger partial charge in [0.1, 0.15) is 5.15 Å². The molecule has 0 saturated heterocycles. The molecule has 2 N–H and O–H groups in total. The van der Waals surface area contributed by atoms with E-state index in [9.17, 15) is 18.3 Å². The van der Waals surface area contributed by atoms with Gasteiger partial charge in [-0.2, -0.15) is 9.78 Å². The van der Waals surface area contributed by atoms with Crippen LogP contribution in [0.1, 0.15) is 36.8 Å². The fourth-order valence-corrected chi connectivity index (χ4v) is 3.18. The van der Waals surface area contributed by atoms with E-state index in [1.165, 1.54) is 6.20 Å². The van der Waals surface area contributed by atoms with Crippen molar-refractivity contribution in [3.8, 4) is 11.8 Å². The number of anilines is 1. The van der Waals surface area contributed by atoms with Crippen LogP contribution >= 0.6 is 11.6 Å². The van der Waals surface area contributed by atoms with Gasteiger partial charge in [-0.15, -0.1) is 13.2 Å². The Bertz CT molecular complexity index is 848. The molecular weight excluding hydrogens is 381 g/mol. The fourth-order valence-electron chi connectivity index (χ4n) is 3.02. The topological polar surface area (TPSA) is 63.0 Å². The number of nitrogens with zero attached hydrogens (tertiary/aromatic N) is 3. The summed E-state index contributed by atoms with van der Waals surface area (Å²) < 4.78 is 37.7. The van der Waals surface area contributed by atoms with Gasteiger partial charge in [0.05, 0.1) is 23.0 Å². The van der Waals surface area contributed by atoms with Crippen molar-refractivity contribution in [2.24, 2.45) is 5.92 Å². The molecule has 9 heteroatoms. The summed E-state index contributed by atoms with van der Waals surface area (Å²) in [7, 11) is 0. The Morgan fingerprint density at radius 2 is 1.96 bits per heavy atom. The number of aromatic nitrogens is 3. The quantitative estimate of drug-likeness (QED) is 0.610. The lowest BCUT2D eigenvalue weighted by Crippen LogP contribution is -2.27. The third-order valence-electron chi connectivity index (χ3n) is 4.52. The third-order valence-corrected chi connectivity index (χ3v) is 4.73.